The van der Waals surface area contributed by atoms with Crippen molar-refractivity contribution in [3.63, 3.8) is 0 Å². The first-order valence-electron chi connectivity index (χ1n) is 7.42. The molecule has 2 aromatic rings. The predicted molar refractivity (Wildman–Crippen MR) is 91.8 cm³/mol. The van der Waals surface area contributed by atoms with Crippen molar-refractivity contribution in [1.29, 1.82) is 0 Å². The van der Waals surface area contributed by atoms with E-state index in [4.69, 9.17) is 10.5 Å². The molecule has 1 aromatic heterocycles. The quantitative estimate of drug-likeness (QED) is 0.717. The van der Waals surface area contributed by atoms with Crippen molar-refractivity contribution in [3.05, 3.63) is 52.2 Å². The highest BCUT2D eigenvalue weighted by Crippen LogP contribution is 2.12. The molecule has 126 valence electrons. The van der Waals surface area contributed by atoms with Crippen LogP contribution in [0, 0.1) is 0 Å². The van der Waals surface area contributed by atoms with Gasteiger partial charge < -0.3 is 15.8 Å². The van der Waals surface area contributed by atoms with Crippen LogP contribution in [0.15, 0.2) is 41.8 Å². The zero-order valence-corrected chi connectivity index (χ0v) is 13.8. The molecule has 1 heterocycles. The smallest absolute Gasteiger partial charge is 0.306 e. The molecule has 2 amide bonds. The Balaban J connectivity index is 1.66. The topological polar surface area (TPSA) is 98.5 Å². The minimum Gasteiger partial charge on any atom is -0.456 e. The van der Waals surface area contributed by atoms with Gasteiger partial charge in [-0.25, -0.2) is 0 Å². The Morgan fingerprint density at radius 1 is 1.12 bits per heavy atom. The molecule has 0 aliphatic rings. The normalized spacial score (nSPS) is 10.2. The molecular weight excluding hydrogens is 328 g/mol. The third-order valence-electron chi connectivity index (χ3n) is 3.20. The first-order chi connectivity index (χ1) is 11.5. The van der Waals surface area contributed by atoms with E-state index < -0.39 is 17.8 Å². The molecule has 7 heteroatoms. The summed E-state index contributed by atoms with van der Waals surface area (Å²) in [7, 11) is 0. The second kappa shape index (κ2) is 8.83. The number of esters is 1. The number of aryl methyl sites for hydroxylation is 1. The van der Waals surface area contributed by atoms with Crippen molar-refractivity contribution < 1.29 is 19.1 Å². The molecule has 0 atom stereocenters. The minimum atomic E-state index is -0.538. The van der Waals surface area contributed by atoms with Gasteiger partial charge >= 0.3 is 5.97 Å². The third kappa shape index (κ3) is 5.85. The average molecular weight is 346 g/mol. The Morgan fingerprint density at radius 2 is 1.88 bits per heavy atom. The zero-order valence-electron chi connectivity index (χ0n) is 13.0. The number of hydrogen-bond donors (Lipinski definition) is 2. The predicted octanol–water partition coefficient (Wildman–Crippen LogP) is 2.35. The number of anilines is 1. The molecule has 0 radical (unpaired) electrons. The molecule has 0 unspecified atom stereocenters. The lowest BCUT2D eigenvalue weighted by Crippen LogP contribution is -2.21. The van der Waals surface area contributed by atoms with E-state index in [1.54, 1.807) is 23.5 Å². The number of nitrogens with two attached hydrogens (primary N) is 1. The van der Waals surface area contributed by atoms with Crippen molar-refractivity contribution in [2.75, 3.05) is 11.9 Å². The average Bonchev–Trinajstić information content (AvgIpc) is 3.07. The fraction of sp³-hybridized carbons (Fsp3) is 0.235. The summed E-state index contributed by atoms with van der Waals surface area (Å²) in [5.41, 5.74) is 5.98. The molecule has 0 bridgehead atoms. The van der Waals surface area contributed by atoms with Crippen LogP contribution in [-0.4, -0.2) is 24.4 Å². The molecular formula is C17H18N2O4S. The zero-order chi connectivity index (χ0) is 17.4. The number of carbonyl (C=O) groups is 3. The number of nitrogens with one attached hydrogen (secondary N) is 1. The number of ether oxygens (including phenoxy) is 1. The van der Waals surface area contributed by atoms with Crippen LogP contribution in [0.1, 0.15) is 28.1 Å². The number of thiophene rings is 1. The van der Waals surface area contributed by atoms with E-state index in [0.717, 1.165) is 6.42 Å². The van der Waals surface area contributed by atoms with Crippen molar-refractivity contribution >= 4 is 34.8 Å². The molecule has 24 heavy (non-hydrogen) atoms. The Labute approximate surface area is 143 Å². The fourth-order valence-electron chi connectivity index (χ4n) is 1.99. The third-order valence-corrected chi connectivity index (χ3v) is 4.14. The van der Waals surface area contributed by atoms with Gasteiger partial charge in [0.05, 0.1) is 0 Å². The van der Waals surface area contributed by atoms with Gasteiger partial charge in [0.2, 0.25) is 5.91 Å². The first-order valence-corrected chi connectivity index (χ1v) is 8.30. The highest BCUT2D eigenvalue weighted by atomic mass is 32.1. The summed E-state index contributed by atoms with van der Waals surface area (Å²) in [4.78, 5) is 35.5. The van der Waals surface area contributed by atoms with Gasteiger partial charge in [-0.2, -0.15) is 0 Å². The molecule has 0 saturated carbocycles. The number of primary amides is 1. The maximum atomic E-state index is 11.7. The van der Waals surface area contributed by atoms with Crippen LogP contribution in [-0.2, 0) is 20.7 Å². The van der Waals surface area contributed by atoms with E-state index in [1.165, 1.54) is 17.0 Å². The van der Waals surface area contributed by atoms with Gasteiger partial charge in [0, 0.05) is 22.5 Å². The molecule has 6 nitrogen and oxygen atoms in total. The SMILES string of the molecule is NC(=O)c1ccc(NC(=O)COC(=O)CCCc2cccs2)cc1. The summed E-state index contributed by atoms with van der Waals surface area (Å²) in [5.74, 6) is -1.37. The summed E-state index contributed by atoms with van der Waals surface area (Å²) < 4.78 is 4.94. The van der Waals surface area contributed by atoms with Gasteiger partial charge in [0.1, 0.15) is 0 Å². The standard InChI is InChI=1S/C17H18N2O4S/c18-17(22)12-6-8-13(9-7-12)19-15(20)11-23-16(21)5-1-3-14-4-2-10-24-14/h2,4,6-10H,1,3,5,11H2,(H2,18,22)(H,19,20). The van der Waals surface area contributed by atoms with E-state index in [2.05, 4.69) is 5.32 Å². The number of hydrogen-bond acceptors (Lipinski definition) is 5. The molecule has 2 rings (SSSR count). The Hall–Kier alpha value is -2.67. The maximum Gasteiger partial charge on any atom is 0.306 e. The molecule has 0 spiro atoms. The second-order valence-corrected chi connectivity index (χ2v) is 6.12. The van der Waals surface area contributed by atoms with Crippen molar-refractivity contribution in [1.82, 2.24) is 0 Å². The van der Waals surface area contributed by atoms with E-state index >= 15 is 0 Å². The Bertz CT molecular complexity index is 696. The molecule has 0 saturated heterocycles. The number of benzene rings is 1. The lowest BCUT2D eigenvalue weighted by Gasteiger charge is -2.07. The highest BCUT2D eigenvalue weighted by Gasteiger charge is 2.09. The summed E-state index contributed by atoms with van der Waals surface area (Å²) in [6, 6.07) is 10.1. The molecule has 1 aromatic carbocycles. The van der Waals surface area contributed by atoms with Crippen molar-refractivity contribution in [2.24, 2.45) is 5.73 Å². The van der Waals surface area contributed by atoms with E-state index in [-0.39, 0.29) is 13.0 Å². The van der Waals surface area contributed by atoms with Crippen LogP contribution < -0.4 is 11.1 Å². The lowest BCUT2D eigenvalue weighted by atomic mass is 10.2. The number of carbonyl (C=O) groups excluding carboxylic acids is 3. The van der Waals surface area contributed by atoms with Gasteiger partial charge in [0.15, 0.2) is 6.61 Å². The fourth-order valence-corrected chi connectivity index (χ4v) is 2.75. The lowest BCUT2D eigenvalue weighted by molar-refractivity contribution is -0.147. The first kappa shape index (κ1) is 17.7. The van der Waals surface area contributed by atoms with Gasteiger partial charge in [-0.3, -0.25) is 14.4 Å². The van der Waals surface area contributed by atoms with E-state index in [0.29, 0.717) is 17.7 Å². The van der Waals surface area contributed by atoms with Crippen LogP contribution in [0.3, 0.4) is 0 Å². The maximum absolute atomic E-state index is 11.7. The summed E-state index contributed by atoms with van der Waals surface area (Å²) in [5, 5.41) is 4.57. The van der Waals surface area contributed by atoms with Gasteiger partial charge in [-0.1, -0.05) is 6.07 Å². The highest BCUT2D eigenvalue weighted by molar-refractivity contribution is 7.09. The number of amides is 2. The molecule has 0 aliphatic carbocycles. The van der Waals surface area contributed by atoms with Crippen LogP contribution in [0.4, 0.5) is 5.69 Å². The van der Waals surface area contributed by atoms with Gasteiger partial charge in [0.25, 0.3) is 5.91 Å². The number of rotatable bonds is 8. The van der Waals surface area contributed by atoms with Crippen molar-refractivity contribution in [3.8, 4) is 0 Å². The van der Waals surface area contributed by atoms with Gasteiger partial charge in [-0.15, -0.1) is 11.3 Å². The van der Waals surface area contributed by atoms with E-state index in [9.17, 15) is 14.4 Å². The van der Waals surface area contributed by atoms with Crippen LogP contribution in [0.5, 0.6) is 0 Å². The summed E-state index contributed by atoms with van der Waals surface area (Å²) >= 11 is 1.65. The summed E-state index contributed by atoms with van der Waals surface area (Å²) in [6.45, 7) is -0.338. The molecule has 0 aliphatic heterocycles. The van der Waals surface area contributed by atoms with Gasteiger partial charge in [-0.05, 0) is 48.6 Å². The van der Waals surface area contributed by atoms with E-state index in [1.807, 2.05) is 17.5 Å². The van der Waals surface area contributed by atoms with Crippen LogP contribution >= 0.6 is 11.3 Å². The van der Waals surface area contributed by atoms with Crippen LogP contribution in [0.2, 0.25) is 0 Å². The van der Waals surface area contributed by atoms with Crippen molar-refractivity contribution in [2.45, 2.75) is 19.3 Å². The largest absolute Gasteiger partial charge is 0.456 e. The second-order valence-electron chi connectivity index (χ2n) is 5.08. The molecule has 3 N–H and O–H groups in total. The molecule has 0 fully saturated rings. The summed E-state index contributed by atoms with van der Waals surface area (Å²) in [6.07, 6.45) is 1.79. The minimum absolute atomic E-state index is 0.276. The Kier molecular flexibility index (Phi) is 6.51. The monoisotopic (exact) mass is 346 g/mol. The van der Waals surface area contributed by atoms with Crippen LogP contribution in [0.25, 0.3) is 0 Å². The Morgan fingerprint density at radius 3 is 2.50 bits per heavy atom.